The first-order valence-corrected chi connectivity index (χ1v) is 4.38. The summed E-state index contributed by atoms with van der Waals surface area (Å²) in [6.07, 6.45) is 0. The van der Waals surface area contributed by atoms with E-state index < -0.39 is 5.97 Å². The molecule has 88 valence electrons. The van der Waals surface area contributed by atoms with Crippen molar-refractivity contribution in [3.63, 3.8) is 0 Å². The molecule has 0 spiro atoms. The summed E-state index contributed by atoms with van der Waals surface area (Å²) in [5.74, 6) is -0.802. The number of benzene rings is 1. The summed E-state index contributed by atoms with van der Waals surface area (Å²) in [6, 6.07) is 1.45. The van der Waals surface area contributed by atoms with Gasteiger partial charge in [0, 0.05) is 6.07 Å². The van der Waals surface area contributed by atoms with Crippen LogP contribution >= 0.6 is 0 Å². The fraction of sp³-hybridized carbons (Fsp3) is 0.300. The number of anilines is 1. The molecule has 0 aliphatic rings. The summed E-state index contributed by atoms with van der Waals surface area (Å²) in [5.41, 5.74) is 5.67. The van der Waals surface area contributed by atoms with Gasteiger partial charge < -0.3 is 25.1 Å². The van der Waals surface area contributed by atoms with E-state index in [2.05, 4.69) is 0 Å². The number of carboxylic acids is 1. The van der Waals surface area contributed by atoms with Gasteiger partial charge in [-0.3, -0.25) is 0 Å². The Labute approximate surface area is 92.5 Å². The van der Waals surface area contributed by atoms with Crippen molar-refractivity contribution in [3.8, 4) is 17.2 Å². The third kappa shape index (κ3) is 1.81. The summed E-state index contributed by atoms with van der Waals surface area (Å²) in [6.45, 7) is 0. The van der Waals surface area contributed by atoms with Gasteiger partial charge in [-0.05, 0) is 0 Å². The van der Waals surface area contributed by atoms with E-state index >= 15 is 0 Å². The maximum Gasteiger partial charge on any atom is 0.343 e. The van der Waals surface area contributed by atoms with Crippen molar-refractivity contribution in [1.29, 1.82) is 0 Å². The topological polar surface area (TPSA) is 91.0 Å². The average molecular weight is 227 g/mol. The van der Waals surface area contributed by atoms with Crippen LogP contribution in [-0.2, 0) is 0 Å². The highest BCUT2D eigenvalue weighted by Gasteiger charge is 2.24. The molecule has 0 atom stereocenters. The zero-order chi connectivity index (χ0) is 12.3. The monoisotopic (exact) mass is 227 g/mol. The Morgan fingerprint density at radius 2 is 1.75 bits per heavy atom. The Kier molecular flexibility index (Phi) is 3.44. The normalized spacial score (nSPS) is 9.69. The first kappa shape index (κ1) is 12.0. The van der Waals surface area contributed by atoms with E-state index in [9.17, 15) is 4.79 Å². The van der Waals surface area contributed by atoms with Crippen molar-refractivity contribution in [2.45, 2.75) is 0 Å². The standard InChI is InChI=1S/C10H13NO5/c1-14-6-4-5(11)8(15-2)7(10(12)13)9(6)16-3/h4H,11H2,1-3H3,(H,12,13). The van der Waals surface area contributed by atoms with Crippen molar-refractivity contribution >= 4 is 11.7 Å². The number of carbonyl (C=O) groups is 1. The minimum absolute atomic E-state index is 0.0603. The fourth-order valence-corrected chi connectivity index (χ4v) is 1.41. The van der Waals surface area contributed by atoms with E-state index in [-0.39, 0.29) is 28.5 Å². The van der Waals surface area contributed by atoms with E-state index in [4.69, 9.17) is 25.1 Å². The molecule has 6 nitrogen and oxygen atoms in total. The molecule has 0 aliphatic carbocycles. The number of nitrogens with two attached hydrogens (primary N) is 1. The lowest BCUT2D eigenvalue weighted by molar-refractivity contribution is 0.0689. The number of nitrogen functional groups attached to an aromatic ring is 1. The Bertz CT molecular complexity index is 416. The summed E-state index contributed by atoms with van der Waals surface area (Å²) >= 11 is 0. The van der Waals surface area contributed by atoms with Crippen LogP contribution in [0.2, 0.25) is 0 Å². The van der Waals surface area contributed by atoms with Crippen LogP contribution in [0.25, 0.3) is 0 Å². The fourth-order valence-electron chi connectivity index (χ4n) is 1.41. The van der Waals surface area contributed by atoms with E-state index in [1.54, 1.807) is 0 Å². The summed E-state index contributed by atoms with van der Waals surface area (Å²) in [5, 5.41) is 9.08. The van der Waals surface area contributed by atoms with Gasteiger partial charge >= 0.3 is 5.97 Å². The molecule has 6 heteroatoms. The van der Waals surface area contributed by atoms with Crippen LogP contribution in [-0.4, -0.2) is 32.4 Å². The second-order valence-corrected chi connectivity index (χ2v) is 2.91. The van der Waals surface area contributed by atoms with Crippen LogP contribution in [0, 0.1) is 0 Å². The molecule has 16 heavy (non-hydrogen) atoms. The molecule has 1 rings (SSSR count). The molecule has 0 bridgehead atoms. The molecule has 1 aromatic carbocycles. The zero-order valence-electron chi connectivity index (χ0n) is 9.23. The summed E-state index contributed by atoms with van der Waals surface area (Å²) < 4.78 is 14.9. The number of methoxy groups -OCH3 is 3. The zero-order valence-corrected chi connectivity index (χ0v) is 9.23. The minimum Gasteiger partial charge on any atom is -0.494 e. The molecule has 0 saturated carbocycles. The van der Waals surface area contributed by atoms with Crippen molar-refractivity contribution in [1.82, 2.24) is 0 Å². The van der Waals surface area contributed by atoms with E-state index in [0.29, 0.717) is 0 Å². The number of ether oxygens (including phenoxy) is 3. The molecule has 0 aliphatic heterocycles. The maximum atomic E-state index is 11.1. The second kappa shape index (κ2) is 4.61. The number of hydrogen-bond acceptors (Lipinski definition) is 5. The smallest absolute Gasteiger partial charge is 0.343 e. The molecule has 0 aromatic heterocycles. The van der Waals surface area contributed by atoms with Crippen LogP contribution in [0.1, 0.15) is 10.4 Å². The first-order valence-electron chi connectivity index (χ1n) is 4.38. The quantitative estimate of drug-likeness (QED) is 0.745. The number of rotatable bonds is 4. The number of hydrogen-bond donors (Lipinski definition) is 2. The minimum atomic E-state index is -1.20. The summed E-state index contributed by atoms with van der Waals surface area (Å²) in [4.78, 5) is 11.1. The second-order valence-electron chi connectivity index (χ2n) is 2.91. The van der Waals surface area contributed by atoms with Gasteiger partial charge in [0.15, 0.2) is 17.2 Å². The molecular weight excluding hydrogens is 214 g/mol. The highest BCUT2D eigenvalue weighted by molar-refractivity contribution is 5.97. The molecule has 3 N–H and O–H groups in total. The largest absolute Gasteiger partial charge is 0.494 e. The van der Waals surface area contributed by atoms with Gasteiger partial charge in [-0.15, -0.1) is 0 Å². The van der Waals surface area contributed by atoms with E-state index in [0.717, 1.165) is 0 Å². The van der Waals surface area contributed by atoms with Crippen molar-refractivity contribution in [3.05, 3.63) is 11.6 Å². The maximum absolute atomic E-state index is 11.1. The molecule has 0 heterocycles. The van der Waals surface area contributed by atoms with Gasteiger partial charge in [0.1, 0.15) is 5.56 Å². The highest BCUT2D eigenvalue weighted by Crippen LogP contribution is 2.41. The molecule has 0 fully saturated rings. The van der Waals surface area contributed by atoms with E-state index in [1.807, 2.05) is 0 Å². The number of aromatic carboxylic acids is 1. The molecule has 0 unspecified atom stereocenters. The lowest BCUT2D eigenvalue weighted by atomic mass is 10.1. The van der Waals surface area contributed by atoms with Gasteiger partial charge in [-0.25, -0.2) is 4.79 Å². The first-order chi connectivity index (χ1) is 7.56. The molecule has 0 radical (unpaired) electrons. The van der Waals surface area contributed by atoms with E-state index in [1.165, 1.54) is 27.4 Å². The van der Waals surface area contributed by atoms with Gasteiger partial charge in [0.25, 0.3) is 0 Å². The van der Waals surface area contributed by atoms with Crippen molar-refractivity contribution in [2.24, 2.45) is 0 Å². The Hall–Kier alpha value is -2.11. The van der Waals surface area contributed by atoms with Crippen molar-refractivity contribution < 1.29 is 24.1 Å². The SMILES string of the molecule is COc1cc(N)c(OC)c(C(=O)O)c1OC. The Morgan fingerprint density at radius 3 is 2.12 bits per heavy atom. The lowest BCUT2D eigenvalue weighted by Crippen LogP contribution is -2.07. The Morgan fingerprint density at radius 1 is 1.19 bits per heavy atom. The Balaban J connectivity index is 3.60. The third-order valence-electron chi connectivity index (χ3n) is 2.07. The van der Waals surface area contributed by atoms with Crippen LogP contribution in [0.15, 0.2) is 6.07 Å². The average Bonchev–Trinajstić information content (AvgIpc) is 2.27. The molecule has 0 saturated heterocycles. The van der Waals surface area contributed by atoms with Gasteiger partial charge in [-0.1, -0.05) is 0 Å². The molecule has 1 aromatic rings. The number of carboxylic acid groups (broad SMARTS) is 1. The predicted octanol–water partition coefficient (Wildman–Crippen LogP) is 0.993. The van der Waals surface area contributed by atoms with Crippen LogP contribution < -0.4 is 19.9 Å². The van der Waals surface area contributed by atoms with Crippen molar-refractivity contribution in [2.75, 3.05) is 27.1 Å². The summed E-state index contributed by atoms with van der Waals surface area (Å²) in [7, 11) is 4.08. The third-order valence-corrected chi connectivity index (χ3v) is 2.07. The van der Waals surface area contributed by atoms with Gasteiger partial charge in [-0.2, -0.15) is 0 Å². The van der Waals surface area contributed by atoms with Gasteiger partial charge in [0.05, 0.1) is 27.0 Å². The van der Waals surface area contributed by atoms with Gasteiger partial charge in [0.2, 0.25) is 0 Å². The lowest BCUT2D eigenvalue weighted by Gasteiger charge is -2.15. The van der Waals surface area contributed by atoms with Crippen LogP contribution in [0.4, 0.5) is 5.69 Å². The molecular formula is C10H13NO5. The predicted molar refractivity (Wildman–Crippen MR) is 57.5 cm³/mol. The van der Waals surface area contributed by atoms with Crippen LogP contribution in [0.3, 0.4) is 0 Å². The highest BCUT2D eigenvalue weighted by atomic mass is 16.5. The van der Waals surface area contributed by atoms with Crippen LogP contribution in [0.5, 0.6) is 17.2 Å². The molecule has 0 amide bonds.